The van der Waals surface area contributed by atoms with Crippen molar-refractivity contribution >= 4 is 17.8 Å². The van der Waals surface area contributed by atoms with E-state index >= 15 is 0 Å². The molecule has 0 spiro atoms. The van der Waals surface area contributed by atoms with Crippen LogP contribution >= 0.6 is 11.6 Å². The highest BCUT2D eigenvalue weighted by atomic mass is 35.5. The van der Waals surface area contributed by atoms with Crippen LogP contribution in [0.3, 0.4) is 0 Å². The maximum atomic E-state index is 7.13. The summed E-state index contributed by atoms with van der Waals surface area (Å²) in [6.07, 6.45) is 3.91. The molecule has 0 bridgehead atoms. The van der Waals surface area contributed by atoms with Crippen molar-refractivity contribution in [3.05, 3.63) is 46.6 Å². The van der Waals surface area contributed by atoms with E-state index in [-0.39, 0.29) is 6.10 Å². The molecule has 1 saturated heterocycles. The van der Waals surface area contributed by atoms with Gasteiger partial charge in [-0.3, -0.25) is 0 Å². The minimum Gasteiger partial charge on any atom is -0.389 e. The molecular weight excluding hydrogens is 274 g/mol. The molecule has 0 aromatic heterocycles. The van der Waals surface area contributed by atoms with Crippen LogP contribution in [-0.4, -0.2) is 38.6 Å². The fourth-order valence-corrected chi connectivity index (χ4v) is 2.43. The Kier molecular flexibility index (Phi) is 5.59. The molecule has 0 aliphatic carbocycles. The zero-order valence-corrected chi connectivity index (χ0v) is 12.3. The number of ether oxygens (including phenoxy) is 1. The molecule has 1 aliphatic rings. The molecule has 3 N–H and O–H groups in total. The molecule has 2 atom stereocenters. The lowest BCUT2D eigenvalue weighted by molar-refractivity contribution is 0.0225. The molecule has 1 aromatic rings. The van der Waals surface area contributed by atoms with Gasteiger partial charge in [-0.1, -0.05) is 23.7 Å². The van der Waals surface area contributed by atoms with E-state index < -0.39 is 0 Å². The zero-order valence-electron chi connectivity index (χ0n) is 11.5. The molecule has 20 heavy (non-hydrogen) atoms. The molecule has 1 aromatic carbocycles. The minimum atomic E-state index is -0.0110. The largest absolute Gasteiger partial charge is 0.389 e. The van der Waals surface area contributed by atoms with Crippen LogP contribution in [0.4, 0.5) is 0 Å². The van der Waals surface area contributed by atoms with E-state index in [1.165, 1.54) is 11.8 Å². The number of likely N-dealkylation sites (N-methyl/N-ethyl adjacent to an activating group) is 1. The van der Waals surface area contributed by atoms with Gasteiger partial charge in [0.1, 0.15) is 6.10 Å². The van der Waals surface area contributed by atoms with Gasteiger partial charge in [-0.15, -0.1) is 0 Å². The first-order chi connectivity index (χ1) is 9.72. The first-order valence-corrected chi connectivity index (χ1v) is 7.08. The summed E-state index contributed by atoms with van der Waals surface area (Å²) < 4.78 is 5.87. The second-order valence-electron chi connectivity index (χ2n) is 4.80. The van der Waals surface area contributed by atoms with Crippen LogP contribution in [0.15, 0.2) is 36.0 Å². The number of hydrogen-bond acceptors (Lipinski definition) is 4. The molecular formula is C15H20ClN3O. The second-order valence-corrected chi connectivity index (χ2v) is 5.23. The highest BCUT2D eigenvalue weighted by Crippen LogP contribution is 2.14. The molecule has 1 aliphatic heterocycles. The van der Waals surface area contributed by atoms with E-state index in [1.54, 1.807) is 6.08 Å². The number of allylic oxidation sites excluding steroid dienone is 1. The van der Waals surface area contributed by atoms with Gasteiger partial charge in [0.15, 0.2) is 0 Å². The average molecular weight is 294 g/mol. The quantitative estimate of drug-likeness (QED) is 0.728. The van der Waals surface area contributed by atoms with E-state index in [1.807, 2.05) is 31.3 Å². The smallest absolute Gasteiger partial charge is 0.109 e. The summed E-state index contributed by atoms with van der Waals surface area (Å²) in [6.45, 7) is 1.41. The lowest BCUT2D eigenvalue weighted by Gasteiger charge is -2.31. The topological polar surface area (TPSA) is 57.1 Å². The monoisotopic (exact) mass is 293 g/mol. The van der Waals surface area contributed by atoms with Gasteiger partial charge in [-0.25, -0.2) is 0 Å². The number of rotatable bonds is 5. The van der Waals surface area contributed by atoms with Crippen molar-refractivity contribution in [2.45, 2.75) is 18.6 Å². The number of morpholine rings is 1. The Balaban J connectivity index is 1.86. The Morgan fingerprint density at radius 2 is 2.25 bits per heavy atom. The number of hydrogen-bond donors (Lipinski definition) is 3. The Bertz CT molecular complexity index is 465. The Morgan fingerprint density at radius 1 is 1.50 bits per heavy atom. The summed E-state index contributed by atoms with van der Waals surface area (Å²) in [5, 5.41) is 14.5. The van der Waals surface area contributed by atoms with Crippen LogP contribution in [0.5, 0.6) is 0 Å². The lowest BCUT2D eigenvalue weighted by atomic mass is 10.0. The summed E-state index contributed by atoms with van der Waals surface area (Å²) >= 11 is 5.88. The summed E-state index contributed by atoms with van der Waals surface area (Å²) in [6, 6.07) is 8.23. The highest BCUT2D eigenvalue weighted by molar-refractivity contribution is 6.30. The maximum Gasteiger partial charge on any atom is 0.109 e. The van der Waals surface area contributed by atoms with Gasteiger partial charge in [0.05, 0.1) is 6.61 Å². The van der Waals surface area contributed by atoms with Crippen molar-refractivity contribution < 1.29 is 4.74 Å². The predicted molar refractivity (Wildman–Crippen MR) is 82.6 cm³/mol. The third-order valence-corrected chi connectivity index (χ3v) is 3.64. The van der Waals surface area contributed by atoms with Crippen molar-refractivity contribution in [2.24, 2.45) is 0 Å². The average Bonchev–Trinajstić information content (AvgIpc) is 2.48. The van der Waals surface area contributed by atoms with E-state index in [0.717, 1.165) is 23.7 Å². The van der Waals surface area contributed by atoms with Gasteiger partial charge in [0.2, 0.25) is 0 Å². The zero-order chi connectivity index (χ0) is 14.4. The second kappa shape index (κ2) is 7.43. The van der Waals surface area contributed by atoms with Gasteiger partial charge in [-0.05, 0) is 30.2 Å². The fourth-order valence-electron chi connectivity index (χ4n) is 2.30. The summed E-state index contributed by atoms with van der Waals surface area (Å²) in [5.74, 6) is 0. The first kappa shape index (κ1) is 15.0. The molecule has 2 rings (SSSR count). The molecule has 1 fully saturated rings. The van der Waals surface area contributed by atoms with Crippen molar-refractivity contribution in [1.82, 2.24) is 10.6 Å². The van der Waals surface area contributed by atoms with E-state index in [4.69, 9.17) is 21.7 Å². The van der Waals surface area contributed by atoms with Crippen LogP contribution in [0.1, 0.15) is 5.56 Å². The van der Waals surface area contributed by atoms with E-state index in [0.29, 0.717) is 12.6 Å². The van der Waals surface area contributed by atoms with Crippen molar-refractivity contribution in [1.29, 1.82) is 5.41 Å². The van der Waals surface area contributed by atoms with Gasteiger partial charge in [-0.2, -0.15) is 0 Å². The molecule has 0 amide bonds. The molecule has 4 nitrogen and oxygen atoms in total. The van der Waals surface area contributed by atoms with Crippen LogP contribution in [0.25, 0.3) is 0 Å². The molecule has 1 heterocycles. The van der Waals surface area contributed by atoms with Gasteiger partial charge in [0, 0.05) is 36.6 Å². The number of nitrogens with one attached hydrogen (secondary N) is 3. The van der Waals surface area contributed by atoms with Crippen molar-refractivity contribution in [3.8, 4) is 0 Å². The number of benzene rings is 1. The minimum absolute atomic E-state index is 0.0110. The summed E-state index contributed by atoms with van der Waals surface area (Å²) in [4.78, 5) is 0. The maximum absolute atomic E-state index is 7.13. The van der Waals surface area contributed by atoms with E-state index in [2.05, 4.69) is 10.6 Å². The molecule has 2 unspecified atom stereocenters. The van der Waals surface area contributed by atoms with Gasteiger partial charge in [0.25, 0.3) is 0 Å². The van der Waals surface area contributed by atoms with E-state index in [9.17, 15) is 0 Å². The third kappa shape index (κ3) is 4.07. The molecule has 108 valence electrons. The van der Waals surface area contributed by atoms with Gasteiger partial charge < -0.3 is 20.8 Å². The summed E-state index contributed by atoms with van der Waals surface area (Å²) in [5.41, 5.74) is 2.18. The van der Waals surface area contributed by atoms with Crippen LogP contribution < -0.4 is 10.6 Å². The SMILES string of the molecule is CN/C(=C\C=N)C1CNC(Cc2ccc(Cl)cc2)CO1. The van der Waals surface area contributed by atoms with Crippen molar-refractivity contribution in [2.75, 3.05) is 20.2 Å². The molecule has 0 saturated carbocycles. The van der Waals surface area contributed by atoms with Gasteiger partial charge >= 0.3 is 0 Å². The Morgan fingerprint density at radius 3 is 2.80 bits per heavy atom. The Hall–Kier alpha value is -1.36. The van der Waals surface area contributed by atoms with Crippen LogP contribution in [0.2, 0.25) is 5.02 Å². The van der Waals surface area contributed by atoms with Crippen LogP contribution in [0, 0.1) is 5.41 Å². The number of halogens is 1. The predicted octanol–water partition coefficient (Wildman–Crippen LogP) is 1.99. The molecule has 5 heteroatoms. The lowest BCUT2D eigenvalue weighted by Crippen LogP contribution is -2.49. The highest BCUT2D eigenvalue weighted by Gasteiger charge is 2.23. The normalized spacial score (nSPS) is 23.4. The standard InChI is InChI=1S/C15H20ClN3O/c1-18-14(6-7-17)15-9-19-13(10-20-15)8-11-2-4-12(16)5-3-11/h2-7,13,15,17-19H,8-10H2,1H3/b14-6-,17-7?. The first-order valence-electron chi connectivity index (χ1n) is 6.70. The summed E-state index contributed by atoms with van der Waals surface area (Å²) in [7, 11) is 1.85. The van der Waals surface area contributed by atoms with Crippen molar-refractivity contribution in [3.63, 3.8) is 0 Å². The van der Waals surface area contributed by atoms with Crippen LogP contribution in [-0.2, 0) is 11.2 Å². The third-order valence-electron chi connectivity index (χ3n) is 3.38. The fraction of sp³-hybridized carbons (Fsp3) is 0.400. The molecule has 0 radical (unpaired) electrons. The Labute approximate surface area is 124 Å².